The molecule has 2 rings (SSSR count). The summed E-state index contributed by atoms with van der Waals surface area (Å²) in [7, 11) is 1.50. The molecule has 0 atom stereocenters. The Labute approximate surface area is 139 Å². The predicted octanol–water partition coefficient (Wildman–Crippen LogP) is 3.85. The van der Waals surface area contributed by atoms with Crippen LogP contribution in [0.3, 0.4) is 0 Å². The minimum absolute atomic E-state index is 0.0295. The second-order valence-electron chi connectivity index (χ2n) is 4.68. The number of hydrogen-bond acceptors (Lipinski definition) is 4. The first-order chi connectivity index (χ1) is 10.8. The fourth-order valence-corrected chi connectivity index (χ4v) is 2.02. The third-order valence-electron chi connectivity index (χ3n) is 2.80. The molecule has 0 aliphatic carbocycles. The Kier molecular flexibility index (Phi) is 5.09. The van der Waals surface area contributed by atoms with Gasteiger partial charge in [0, 0.05) is 30.3 Å². The molecule has 0 fully saturated rings. The maximum atomic E-state index is 13.3. The Bertz CT molecular complexity index is 721. The number of nitrogens with zero attached hydrogens (tertiary/aromatic N) is 2. The van der Waals surface area contributed by atoms with Crippen LogP contribution in [0, 0.1) is 0 Å². The summed E-state index contributed by atoms with van der Waals surface area (Å²) in [5.74, 6) is -3.03. The molecule has 0 unspecified atom stereocenters. The van der Waals surface area contributed by atoms with Gasteiger partial charge in [0.15, 0.2) is 0 Å². The van der Waals surface area contributed by atoms with Crippen LogP contribution in [0.15, 0.2) is 34.9 Å². The molecule has 0 aliphatic heterocycles. The second kappa shape index (κ2) is 6.86. The molecule has 2 aromatic rings. The van der Waals surface area contributed by atoms with Crippen molar-refractivity contribution in [1.82, 2.24) is 15.3 Å². The lowest BCUT2D eigenvalue weighted by Crippen LogP contribution is -2.24. The van der Waals surface area contributed by atoms with E-state index < -0.39 is 5.92 Å². The molecule has 3 N–H and O–H groups in total. The van der Waals surface area contributed by atoms with E-state index in [2.05, 4.69) is 41.8 Å². The van der Waals surface area contributed by atoms with Crippen molar-refractivity contribution < 1.29 is 13.6 Å². The molecule has 23 heavy (non-hydrogen) atoms. The Morgan fingerprint density at radius 3 is 2.70 bits per heavy atom. The minimum Gasteiger partial charge on any atom is -0.341 e. The third kappa shape index (κ3) is 4.59. The number of nitrogens with one attached hydrogen (secondary N) is 3. The van der Waals surface area contributed by atoms with Crippen LogP contribution in [0.5, 0.6) is 0 Å². The molecule has 0 aliphatic rings. The summed E-state index contributed by atoms with van der Waals surface area (Å²) in [6.45, 7) is 0.767. The SMILES string of the molecule is CNC(=O)Nc1ccc(Br)c(Nc2nccc(C(C)(F)F)n2)c1. The average molecular weight is 386 g/mol. The number of halogens is 3. The molecular formula is C14H14BrF2N5O. The van der Waals surface area contributed by atoms with Crippen LogP contribution in [0.25, 0.3) is 0 Å². The second-order valence-corrected chi connectivity index (χ2v) is 5.53. The van der Waals surface area contributed by atoms with E-state index >= 15 is 0 Å². The molecule has 1 heterocycles. The van der Waals surface area contributed by atoms with Crippen molar-refractivity contribution in [3.8, 4) is 0 Å². The van der Waals surface area contributed by atoms with Gasteiger partial charge in [0.1, 0.15) is 5.69 Å². The number of amides is 2. The lowest BCUT2D eigenvalue weighted by Gasteiger charge is -2.13. The van der Waals surface area contributed by atoms with Gasteiger partial charge in [-0.25, -0.2) is 14.8 Å². The van der Waals surface area contributed by atoms with E-state index in [-0.39, 0.29) is 17.7 Å². The summed E-state index contributed by atoms with van der Waals surface area (Å²) in [6.07, 6.45) is 1.25. The third-order valence-corrected chi connectivity index (χ3v) is 3.49. The number of carbonyl (C=O) groups is 1. The summed E-state index contributed by atoms with van der Waals surface area (Å²) in [4.78, 5) is 19.0. The molecule has 0 saturated heterocycles. The van der Waals surface area contributed by atoms with Crippen molar-refractivity contribution in [2.75, 3.05) is 17.7 Å². The number of rotatable bonds is 4. The van der Waals surface area contributed by atoms with Crippen LogP contribution in [0.2, 0.25) is 0 Å². The molecule has 0 saturated carbocycles. The zero-order valence-corrected chi connectivity index (χ0v) is 13.9. The Morgan fingerprint density at radius 2 is 2.04 bits per heavy atom. The van der Waals surface area contributed by atoms with E-state index in [9.17, 15) is 13.6 Å². The highest BCUT2D eigenvalue weighted by Gasteiger charge is 2.26. The highest BCUT2D eigenvalue weighted by Crippen LogP contribution is 2.29. The molecule has 6 nitrogen and oxygen atoms in total. The molecule has 122 valence electrons. The summed E-state index contributed by atoms with van der Waals surface area (Å²) in [6, 6.07) is 5.79. The Hall–Kier alpha value is -2.29. The number of urea groups is 1. The van der Waals surface area contributed by atoms with E-state index in [0.29, 0.717) is 15.8 Å². The van der Waals surface area contributed by atoms with Crippen molar-refractivity contribution in [1.29, 1.82) is 0 Å². The van der Waals surface area contributed by atoms with Gasteiger partial charge in [-0.15, -0.1) is 0 Å². The zero-order chi connectivity index (χ0) is 17.0. The van der Waals surface area contributed by atoms with Gasteiger partial charge in [-0.1, -0.05) is 0 Å². The summed E-state index contributed by atoms with van der Waals surface area (Å²) in [5.41, 5.74) is 0.660. The quantitative estimate of drug-likeness (QED) is 0.746. The Balaban J connectivity index is 2.26. The molecular weight excluding hydrogens is 372 g/mol. The molecule has 1 aromatic heterocycles. The van der Waals surface area contributed by atoms with Gasteiger partial charge >= 0.3 is 6.03 Å². The van der Waals surface area contributed by atoms with Crippen molar-refractivity contribution in [3.63, 3.8) is 0 Å². The maximum Gasteiger partial charge on any atom is 0.318 e. The first-order valence-corrected chi connectivity index (χ1v) is 7.35. The van der Waals surface area contributed by atoms with Crippen molar-refractivity contribution in [2.45, 2.75) is 12.8 Å². The summed E-state index contributed by atoms with van der Waals surface area (Å²) < 4.78 is 27.3. The van der Waals surface area contributed by atoms with Gasteiger partial charge in [-0.05, 0) is 40.2 Å². The fraction of sp³-hybridized carbons (Fsp3) is 0.214. The van der Waals surface area contributed by atoms with Gasteiger partial charge in [0.25, 0.3) is 5.92 Å². The first-order valence-electron chi connectivity index (χ1n) is 6.56. The molecule has 9 heteroatoms. The van der Waals surface area contributed by atoms with Crippen LogP contribution in [0.1, 0.15) is 12.6 Å². The van der Waals surface area contributed by atoms with Crippen molar-refractivity contribution in [2.24, 2.45) is 0 Å². The average Bonchev–Trinajstić information content (AvgIpc) is 2.50. The van der Waals surface area contributed by atoms with E-state index in [0.717, 1.165) is 13.0 Å². The maximum absolute atomic E-state index is 13.3. The number of benzene rings is 1. The molecule has 0 spiro atoms. The lowest BCUT2D eigenvalue weighted by molar-refractivity contribution is 0.0128. The fourth-order valence-electron chi connectivity index (χ4n) is 1.68. The highest BCUT2D eigenvalue weighted by molar-refractivity contribution is 9.10. The largest absolute Gasteiger partial charge is 0.341 e. The van der Waals surface area contributed by atoms with Crippen LogP contribution >= 0.6 is 15.9 Å². The van der Waals surface area contributed by atoms with Gasteiger partial charge in [-0.2, -0.15) is 8.78 Å². The van der Waals surface area contributed by atoms with Gasteiger partial charge in [0.05, 0.1) is 5.69 Å². The van der Waals surface area contributed by atoms with Crippen LogP contribution in [-0.4, -0.2) is 23.0 Å². The number of anilines is 3. The highest BCUT2D eigenvalue weighted by atomic mass is 79.9. The van der Waals surface area contributed by atoms with Gasteiger partial charge < -0.3 is 16.0 Å². The van der Waals surface area contributed by atoms with Gasteiger partial charge in [0.2, 0.25) is 5.95 Å². The molecule has 2 amide bonds. The normalized spacial score (nSPS) is 11.0. The monoisotopic (exact) mass is 385 g/mol. The lowest BCUT2D eigenvalue weighted by atomic mass is 10.2. The van der Waals surface area contributed by atoms with E-state index in [1.54, 1.807) is 18.2 Å². The molecule has 0 bridgehead atoms. The van der Waals surface area contributed by atoms with Crippen molar-refractivity contribution >= 4 is 39.3 Å². The summed E-state index contributed by atoms with van der Waals surface area (Å²) in [5, 5.41) is 7.88. The number of aromatic nitrogens is 2. The van der Waals surface area contributed by atoms with Crippen LogP contribution in [-0.2, 0) is 5.92 Å². The summed E-state index contributed by atoms with van der Waals surface area (Å²) >= 11 is 3.33. The van der Waals surface area contributed by atoms with Crippen molar-refractivity contribution in [3.05, 3.63) is 40.6 Å². The van der Waals surface area contributed by atoms with E-state index in [1.807, 2.05) is 0 Å². The zero-order valence-electron chi connectivity index (χ0n) is 12.3. The number of carbonyl (C=O) groups excluding carboxylic acids is 1. The van der Waals surface area contributed by atoms with Crippen LogP contribution in [0.4, 0.5) is 30.9 Å². The standard InChI is InChI=1S/C14H14BrF2N5O/c1-14(16,17)11-5-6-19-12(22-11)21-10-7-8(3-4-9(10)15)20-13(23)18-2/h3-7H,1-2H3,(H2,18,20,23)(H,19,21,22). The number of hydrogen-bond donors (Lipinski definition) is 3. The van der Waals surface area contributed by atoms with Gasteiger partial charge in [-0.3, -0.25) is 0 Å². The number of alkyl halides is 2. The van der Waals surface area contributed by atoms with E-state index in [1.165, 1.54) is 13.2 Å². The minimum atomic E-state index is -3.06. The van der Waals surface area contributed by atoms with Crippen LogP contribution < -0.4 is 16.0 Å². The van der Waals surface area contributed by atoms with E-state index in [4.69, 9.17) is 0 Å². The molecule has 0 radical (unpaired) electrons. The topological polar surface area (TPSA) is 78.9 Å². The Morgan fingerprint density at radius 1 is 1.30 bits per heavy atom. The smallest absolute Gasteiger partial charge is 0.318 e. The predicted molar refractivity (Wildman–Crippen MR) is 87.1 cm³/mol. The molecule has 1 aromatic carbocycles. The first kappa shape index (κ1) is 17.1.